The van der Waals surface area contributed by atoms with Gasteiger partial charge in [0.1, 0.15) is 0 Å². The Balaban J connectivity index is 2.08. The average Bonchev–Trinajstić information content (AvgIpc) is 2.40. The molecule has 0 aliphatic rings. The first kappa shape index (κ1) is 12.8. The summed E-state index contributed by atoms with van der Waals surface area (Å²) in [5.74, 6) is 1.08. The molecule has 0 atom stereocenters. The van der Waals surface area contributed by atoms with Gasteiger partial charge in [0, 0.05) is 22.8 Å². The molecule has 0 amide bonds. The first-order valence-electron chi connectivity index (χ1n) is 6.10. The summed E-state index contributed by atoms with van der Waals surface area (Å²) in [4.78, 5) is 1.29. The molecular weight excluding hydrogens is 240 g/mol. The number of nitrogens with two attached hydrogens (primary N) is 1. The predicted molar refractivity (Wildman–Crippen MR) is 81.0 cm³/mol. The van der Waals surface area contributed by atoms with Crippen molar-refractivity contribution in [1.82, 2.24) is 0 Å². The molecule has 2 aromatic rings. The minimum Gasteiger partial charge on any atom is -0.398 e. The molecule has 2 aromatic carbocycles. The normalized spacial score (nSPS) is 10.3. The first-order chi connectivity index (χ1) is 8.81. The quantitative estimate of drug-likeness (QED) is 0.629. The van der Waals surface area contributed by atoms with Crippen molar-refractivity contribution in [3.05, 3.63) is 54.1 Å². The maximum atomic E-state index is 5.94. The molecule has 0 aliphatic heterocycles. The zero-order valence-corrected chi connectivity index (χ0v) is 11.3. The molecule has 2 rings (SSSR count). The molecule has 3 N–H and O–H groups in total. The van der Waals surface area contributed by atoms with Crippen molar-refractivity contribution < 1.29 is 0 Å². The van der Waals surface area contributed by atoms with Gasteiger partial charge >= 0.3 is 0 Å². The van der Waals surface area contributed by atoms with Crippen molar-refractivity contribution in [3.8, 4) is 0 Å². The molecule has 0 bridgehead atoms. The van der Waals surface area contributed by atoms with Crippen molar-refractivity contribution in [2.75, 3.05) is 16.8 Å². The van der Waals surface area contributed by atoms with Crippen LogP contribution in [0.2, 0.25) is 0 Å². The smallest absolute Gasteiger partial charge is 0.0481 e. The number of hydrogen-bond donors (Lipinski definition) is 2. The van der Waals surface area contributed by atoms with Gasteiger partial charge in [0.05, 0.1) is 0 Å². The summed E-state index contributed by atoms with van der Waals surface area (Å²) in [7, 11) is 0. The fourth-order valence-corrected chi connectivity index (χ4v) is 2.56. The Bertz CT molecular complexity index is 511. The van der Waals surface area contributed by atoms with Crippen molar-refractivity contribution in [2.45, 2.75) is 18.4 Å². The summed E-state index contributed by atoms with van der Waals surface area (Å²) in [5, 5.41) is 3.45. The Morgan fingerprint density at radius 1 is 1.06 bits per heavy atom. The Labute approximate surface area is 113 Å². The van der Waals surface area contributed by atoms with Gasteiger partial charge in [-0.3, -0.25) is 0 Å². The molecule has 3 heteroatoms. The van der Waals surface area contributed by atoms with Gasteiger partial charge < -0.3 is 11.1 Å². The van der Waals surface area contributed by atoms with E-state index in [-0.39, 0.29) is 0 Å². The highest BCUT2D eigenvalue weighted by molar-refractivity contribution is 7.99. The molecule has 0 heterocycles. The summed E-state index contributed by atoms with van der Waals surface area (Å²) in [5.41, 5.74) is 9.08. The van der Waals surface area contributed by atoms with E-state index in [1.165, 1.54) is 10.6 Å². The van der Waals surface area contributed by atoms with Gasteiger partial charge in [-0.2, -0.15) is 0 Å². The highest BCUT2D eigenvalue weighted by atomic mass is 32.2. The molecular formula is C15H18N2S. The Hall–Kier alpha value is -1.61. The molecule has 0 aromatic heterocycles. The third-order valence-corrected chi connectivity index (χ3v) is 3.67. The van der Waals surface area contributed by atoms with Crippen molar-refractivity contribution in [3.63, 3.8) is 0 Å². The molecule has 0 saturated heterocycles. The monoisotopic (exact) mass is 258 g/mol. The SMILES string of the molecule is CCSc1ccccc1NCc1ccccc1N. The van der Waals surface area contributed by atoms with Gasteiger partial charge in [0.2, 0.25) is 0 Å². The molecule has 0 aliphatic carbocycles. The van der Waals surface area contributed by atoms with Crippen LogP contribution < -0.4 is 11.1 Å². The zero-order chi connectivity index (χ0) is 12.8. The number of benzene rings is 2. The summed E-state index contributed by atoms with van der Waals surface area (Å²) in [6.45, 7) is 2.92. The van der Waals surface area contributed by atoms with E-state index in [2.05, 4.69) is 42.6 Å². The van der Waals surface area contributed by atoms with E-state index in [4.69, 9.17) is 5.73 Å². The molecule has 0 saturated carbocycles. The summed E-state index contributed by atoms with van der Waals surface area (Å²) in [6.07, 6.45) is 0. The lowest BCUT2D eigenvalue weighted by Gasteiger charge is -2.12. The third kappa shape index (κ3) is 3.20. The summed E-state index contributed by atoms with van der Waals surface area (Å²) < 4.78 is 0. The largest absolute Gasteiger partial charge is 0.398 e. The predicted octanol–water partition coefficient (Wildman–Crippen LogP) is 3.99. The number of para-hydroxylation sites is 2. The second kappa shape index (κ2) is 6.36. The fraction of sp³-hybridized carbons (Fsp3) is 0.200. The Kier molecular flexibility index (Phi) is 4.53. The van der Waals surface area contributed by atoms with E-state index in [9.17, 15) is 0 Å². The maximum absolute atomic E-state index is 5.94. The van der Waals surface area contributed by atoms with E-state index in [1.54, 1.807) is 0 Å². The molecule has 0 fully saturated rings. The summed E-state index contributed by atoms with van der Waals surface area (Å²) in [6, 6.07) is 16.3. The highest BCUT2D eigenvalue weighted by Crippen LogP contribution is 2.27. The van der Waals surface area contributed by atoms with E-state index in [1.807, 2.05) is 30.0 Å². The minimum atomic E-state index is 0.758. The van der Waals surface area contributed by atoms with E-state index in [0.717, 1.165) is 23.5 Å². The number of nitrogen functional groups attached to an aromatic ring is 1. The van der Waals surface area contributed by atoms with Crippen LogP contribution in [-0.4, -0.2) is 5.75 Å². The lowest BCUT2D eigenvalue weighted by Crippen LogP contribution is -2.03. The van der Waals surface area contributed by atoms with Gasteiger partial charge in [-0.1, -0.05) is 37.3 Å². The number of nitrogens with one attached hydrogen (secondary N) is 1. The van der Waals surface area contributed by atoms with Crippen LogP contribution in [0.15, 0.2) is 53.4 Å². The lowest BCUT2D eigenvalue weighted by molar-refractivity contribution is 1.13. The van der Waals surface area contributed by atoms with E-state index < -0.39 is 0 Å². The molecule has 0 unspecified atom stereocenters. The van der Waals surface area contributed by atoms with Gasteiger partial charge in [-0.15, -0.1) is 11.8 Å². The standard InChI is InChI=1S/C15H18N2S/c1-2-18-15-10-6-5-9-14(15)17-11-12-7-3-4-8-13(12)16/h3-10,17H,2,11,16H2,1H3. The topological polar surface area (TPSA) is 38.0 Å². The van der Waals surface area contributed by atoms with Gasteiger partial charge in [-0.05, 0) is 29.5 Å². The van der Waals surface area contributed by atoms with Crippen LogP contribution in [0.25, 0.3) is 0 Å². The molecule has 2 nitrogen and oxygen atoms in total. The van der Waals surface area contributed by atoms with E-state index >= 15 is 0 Å². The van der Waals surface area contributed by atoms with Gasteiger partial charge in [0.15, 0.2) is 0 Å². The van der Waals surface area contributed by atoms with Crippen LogP contribution in [0.1, 0.15) is 12.5 Å². The number of thioether (sulfide) groups is 1. The number of rotatable bonds is 5. The van der Waals surface area contributed by atoms with Crippen LogP contribution in [0.3, 0.4) is 0 Å². The number of hydrogen-bond acceptors (Lipinski definition) is 3. The lowest BCUT2D eigenvalue weighted by atomic mass is 10.2. The van der Waals surface area contributed by atoms with Crippen LogP contribution >= 0.6 is 11.8 Å². The molecule has 18 heavy (non-hydrogen) atoms. The second-order valence-electron chi connectivity index (χ2n) is 3.98. The minimum absolute atomic E-state index is 0.758. The van der Waals surface area contributed by atoms with Gasteiger partial charge in [0.25, 0.3) is 0 Å². The third-order valence-electron chi connectivity index (χ3n) is 2.71. The maximum Gasteiger partial charge on any atom is 0.0481 e. The fourth-order valence-electron chi connectivity index (χ4n) is 1.78. The van der Waals surface area contributed by atoms with Crippen LogP contribution in [0, 0.1) is 0 Å². The zero-order valence-electron chi connectivity index (χ0n) is 10.5. The van der Waals surface area contributed by atoms with E-state index in [0.29, 0.717) is 0 Å². The highest BCUT2D eigenvalue weighted by Gasteiger charge is 2.02. The van der Waals surface area contributed by atoms with Gasteiger partial charge in [-0.25, -0.2) is 0 Å². The first-order valence-corrected chi connectivity index (χ1v) is 7.09. The molecule has 0 spiro atoms. The van der Waals surface area contributed by atoms with Crippen molar-refractivity contribution in [2.24, 2.45) is 0 Å². The van der Waals surface area contributed by atoms with Crippen LogP contribution in [-0.2, 0) is 6.54 Å². The summed E-state index contributed by atoms with van der Waals surface area (Å²) >= 11 is 1.85. The molecule has 0 radical (unpaired) electrons. The average molecular weight is 258 g/mol. The Morgan fingerprint density at radius 2 is 1.78 bits per heavy atom. The van der Waals surface area contributed by atoms with Crippen LogP contribution in [0.4, 0.5) is 11.4 Å². The second-order valence-corrected chi connectivity index (χ2v) is 5.29. The Morgan fingerprint density at radius 3 is 2.56 bits per heavy atom. The molecule has 94 valence electrons. The van der Waals surface area contributed by atoms with Crippen molar-refractivity contribution >= 4 is 23.1 Å². The van der Waals surface area contributed by atoms with Crippen molar-refractivity contribution in [1.29, 1.82) is 0 Å². The van der Waals surface area contributed by atoms with Crippen LogP contribution in [0.5, 0.6) is 0 Å². The number of anilines is 2.